The number of ether oxygens (including phenoxy) is 1. The lowest BCUT2D eigenvalue weighted by molar-refractivity contribution is -0.145. The van der Waals surface area contributed by atoms with Crippen LogP contribution in [0.4, 0.5) is 0 Å². The van der Waals surface area contributed by atoms with E-state index in [-0.39, 0.29) is 24.0 Å². The fraction of sp³-hybridized carbons (Fsp3) is 0.857. The predicted octanol–water partition coefficient (Wildman–Crippen LogP) is 0.929. The molecule has 0 aromatic rings. The van der Waals surface area contributed by atoms with E-state index < -0.39 is 0 Å². The van der Waals surface area contributed by atoms with Crippen LogP contribution in [0.15, 0.2) is 0 Å². The number of hydrogen-bond acceptors (Lipinski definition) is 3. The third-order valence-corrected chi connectivity index (χ3v) is 3.82. The standard InChI is InChI=1S/C14H24N2O3/c1-10(2)9-12-14(18)15-6-7-16(12)13(17)4-3-11-5-8-19-11/h10-12H,3-9H2,1-2H3,(H,15,18)/t11-,12+/m1/s1. The summed E-state index contributed by atoms with van der Waals surface area (Å²) in [5, 5.41) is 2.85. The third kappa shape index (κ3) is 3.69. The van der Waals surface area contributed by atoms with Crippen LogP contribution in [0.3, 0.4) is 0 Å². The van der Waals surface area contributed by atoms with E-state index in [0.29, 0.717) is 25.4 Å². The Morgan fingerprint density at radius 1 is 1.53 bits per heavy atom. The minimum atomic E-state index is -0.288. The molecule has 5 nitrogen and oxygen atoms in total. The Labute approximate surface area is 114 Å². The maximum atomic E-state index is 12.3. The molecule has 2 aliphatic rings. The first kappa shape index (κ1) is 14.3. The second-order valence-corrected chi connectivity index (χ2v) is 5.84. The molecule has 1 N–H and O–H groups in total. The SMILES string of the molecule is CC(C)C[C@H]1C(=O)NCCN1C(=O)CC[C@@H]1CCO1. The van der Waals surface area contributed by atoms with Crippen LogP contribution in [-0.4, -0.2) is 48.6 Å². The number of piperazine rings is 1. The van der Waals surface area contributed by atoms with Crippen molar-refractivity contribution in [3.05, 3.63) is 0 Å². The fourth-order valence-electron chi connectivity index (χ4n) is 2.63. The summed E-state index contributed by atoms with van der Waals surface area (Å²) in [5.74, 6) is 0.489. The quantitative estimate of drug-likeness (QED) is 0.807. The summed E-state index contributed by atoms with van der Waals surface area (Å²) in [4.78, 5) is 26.0. The summed E-state index contributed by atoms with van der Waals surface area (Å²) >= 11 is 0. The smallest absolute Gasteiger partial charge is 0.242 e. The van der Waals surface area contributed by atoms with Crippen LogP contribution in [0.2, 0.25) is 0 Å². The average Bonchev–Trinajstić information content (AvgIpc) is 2.29. The summed E-state index contributed by atoms with van der Waals surface area (Å²) in [5.41, 5.74) is 0. The number of nitrogens with one attached hydrogen (secondary N) is 1. The van der Waals surface area contributed by atoms with Gasteiger partial charge in [0, 0.05) is 26.1 Å². The predicted molar refractivity (Wildman–Crippen MR) is 71.6 cm³/mol. The van der Waals surface area contributed by atoms with E-state index in [1.54, 1.807) is 4.90 Å². The third-order valence-electron chi connectivity index (χ3n) is 3.82. The maximum absolute atomic E-state index is 12.3. The van der Waals surface area contributed by atoms with Crippen LogP contribution in [0, 0.1) is 5.92 Å². The molecule has 19 heavy (non-hydrogen) atoms. The Kier molecular flexibility index (Phi) is 4.80. The second kappa shape index (κ2) is 6.37. The number of hydrogen-bond donors (Lipinski definition) is 1. The van der Waals surface area contributed by atoms with Gasteiger partial charge in [-0.3, -0.25) is 9.59 Å². The first-order chi connectivity index (χ1) is 9.08. The molecule has 0 aromatic carbocycles. The van der Waals surface area contributed by atoms with Crippen LogP contribution in [0.25, 0.3) is 0 Å². The minimum absolute atomic E-state index is 0.00630. The van der Waals surface area contributed by atoms with Crippen LogP contribution in [0.1, 0.15) is 39.5 Å². The molecule has 2 heterocycles. The van der Waals surface area contributed by atoms with Crippen molar-refractivity contribution in [3.63, 3.8) is 0 Å². The molecule has 108 valence electrons. The Bertz CT molecular complexity index is 340. The molecule has 0 aliphatic carbocycles. The molecule has 0 spiro atoms. The summed E-state index contributed by atoms with van der Waals surface area (Å²) in [6.07, 6.45) is 3.32. The first-order valence-corrected chi connectivity index (χ1v) is 7.26. The summed E-state index contributed by atoms with van der Waals surface area (Å²) in [6.45, 7) is 6.17. The summed E-state index contributed by atoms with van der Waals surface area (Å²) in [7, 11) is 0. The molecule has 5 heteroatoms. The van der Waals surface area contributed by atoms with Gasteiger partial charge >= 0.3 is 0 Å². The molecule has 2 saturated heterocycles. The van der Waals surface area contributed by atoms with Crippen molar-refractivity contribution in [3.8, 4) is 0 Å². The molecule has 0 saturated carbocycles. The van der Waals surface area contributed by atoms with Crippen molar-refractivity contribution in [1.29, 1.82) is 0 Å². The first-order valence-electron chi connectivity index (χ1n) is 7.26. The zero-order chi connectivity index (χ0) is 13.8. The van der Waals surface area contributed by atoms with Crippen LogP contribution in [0.5, 0.6) is 0 Å². The zero-order valence-electron chi connectivity index (χ0n) is 11.9. The maximum Gasteiger partial charge on any atom is 0.242 e. The largest absolute Gasteiger partial charge is 0.378 e. The van der Waals surface area contributed by atoms with Gasteiger partial charge in [-0.2, -0.15) is 0 Å². The lowest BCUT2D eigenvalue weighted by Crippen LogP contribution is -2.57. The normalized spacial score (nSPS) is 27.1. The van der Waals surface area contributed by atoms with Crippen molar-refractivity contribution >= 4 is 11.8 Å². The van der Waals surface area contributed by atoms with Crippen molar-refractivity contribution in [2.24, 2.45) is 5.92 Å². The Balaban J connectivity index is 1.89. The van der Waals surface area contributed by atoms with Gasteiger partial charge in [0.1, 0.15) is 6.04 Å². The molecule has 0 bridgehead atoms. The van der Waals surface area contributed by atoms with Crippen molar-refractivity contribution in [1.82, 2.24) is 10.2 Å². The van der Waals surface area contributed by atoms with Crippen LogP contribution < -0.4 is 5.32 Å². The van der Waals surface area contributed by atoms with E-state index in [1.165, 1.54) is 0 Å². The van der Waals surface area contributed by atoms with Gasteiger partial charge in [0.15, 0.2) is 0 Å². The average molecular weight is 268 g/mol. The minimum Gasteiger partial charge on any atom is -0.378 e. The summed E-state index contributed by atoms with van der Waals surface area (Å²) in [6, 6.07) is -0.288. The van der Waals surface area contributed by atoms with Gasteiger partial charge in [0.2, 0.25) is 11.8 Å². The highest BCUT2D eigenvalue weighted by Crippen LogP contribution is 2.20. The van der Waals surface area contributed by atoms with E-state index in [2.05, 4.69) is 19.2 Å². The topological polar surface area (TPSA) is 58.6 Å². The Morgan fingerprint density at radius 3 is 2.84 bits per heavy atom. The van der Waals surface area contributed by atoms with Crippen LogP contribution in [-0.2, 0) is 14.3 Å². The number of rotatable bonds is 5. The zero-order valence-corrected chi connectivity index (χ0v) is 11.9. The van der Waals surface area contributed by atoms with Gasteiger partial charge in [0.25, 0.3) is 0 Å². The van der Waals surface area contributed by atoms with E-state index in [9.17, 15) is 9.59 Å². The molecular weight excluding hydrogens is 244 g/mol. The van der Waals surface area contributed by atoms with Gasteiger partial charge in [-0.15, -0.1) is 0 Å². The lowest BCUT2D eigenvalue weighted by atomic mass is 9.99. The highest BCUT2D eigenvalue weighted by atomic mass is 16.5. The number of amides is 2. The molecule has 2 amide bonds. The molecule has 0 unspecified atom stereocenters. The molecule has 2 rings (SSSR count). The lowest BCUT2D eigenvalue weighted by Gasteiger charge is -2.36. The van der Waals surface area contributed by atoms with E-state index in [4.69, 9.17) is 4.74 Å². The van der Waals surface area contributed by atoms with Gasteiger partial charge in [-0.25, -0.2) is 0 Å². The monoisotopic (exact) mass is 268 g/mol. The second-order valence-electron chi connectivity index (χ2n) is 5.84. The summed E-state index contributed by atoms with van der Waals surface area (Å²) < 4.78 is 5.33. The van der Waals surface area contributed by atoms with Gasteiger partial charge in [-0.1, -0.05) is 13.8 Å². The number of carbonyl (C=O) groups excluding carboxylic acids is 2. The fourth-order valence-corrected chi connectivity index (χ4v) is 2.63. The van der Waals surface area contributed by atoms with Gasteiger partial charge < -0.3 is 15.0 Å². The van der Waals surface area contributed by atoms with Crippen molar-refractivity contribution < 1.29 is 14.3 Å². The highest BCUT2D eigenvalue weighted by molar-refractivity contribution is 5.88. The van der Waals surface area contributed by atoms with E-state index >= 15 is 0 Å². The van der Waals surface area contributed by atoms with Gasteiger partial charge in [0.05, 0.1) is 6.10 Å². The van der Waals surface area contributed by atoms with Crippen molar-refractivity contribution in [2.45, 2.75) is 51.7 Å². The molecule has 2 fully saturated rings. The molecule has 2 aliphatic heterocycles. The van der Waals surface area contributed by atoms with E-state index in [0.717, 1.165) is 25.9 Å². The highest BCUT2D eigenvalue weighted by Gasteiger charge is 2.33. The molecular formula is C14H24N2O3. The number of carbonyl (C=O) groups is 2. The van der Waals surface area contributed by atoms with Gasteiger partial charge in [-0.05, 0) is 25.2 Å². The molecule has 0 radical (unpaired) electrons. The van der Waals surface area contributed by atoms with E-state index in [1.807, 2.05) is 0 Å². The molecule has 2 atom stereocenters. The number of nitrogens with zero attached hydrogens (tertiary/aromatic N) is 1. The van der Waals surface area contributed by atoms with Crippen LogP contribution >= 0.6 is 0 Å². The Morgan fingerprint density at radius 2 is 2.26 bits per heavy atom. The Hall–Kier alpha value is -1.10. The molecule has 0 aromatic heterocycles. The van der Waals surface area contributed by atoms with Crippen molar-refractivity contribution in [2.75, 3.05) is 19.7 Å².